The summed E-state index contributed by atoms with van der Waals surface area (Å²) in [5, 5.41) is 3.22. The minimum atomic E-state index is -0.484. The minimum absolute atomic E-state index is 0.0397. The molecule has 2 fully saturated rings. The number of nitrogens with zero attached hydrogens (tertiary/aromatic N) is 3. The summed E-state index contributed by atoms with van der Waals surface area (Å²) in [6, 6.07) is 12.0. The Morgan fingerprint density at radius 3 is 2.47 bits per heavy atom. The fourth-order valence-electron chi connectivity index (χ4n) is 4.61. The number of benzene rings is 2. The summed E-state index contributed by atoms with van der Waals surface area (Å²) in [5.74, 6) is -0.193. The van der Waals surface area contributed by atoms with Crippen molar-refractivity contribution in [3.63, 3.8) is 0 Å². The van der Waals surface area contributed by atoms with E-state index in [0.717, 1.165) is 67.3 Å². The van der Waals surface area contributed by atoms with Crippen molar-refractivity contribution in [1.29, 1.82) is 0 Å². The summed E-state index contributed by atoms with van der Waals surface area (Å²) in [4.78, 5) is 35.4. The average Bonchev–Trinajstić information content (AvgIpc) is 3.13. The lowest BCUT2D eigenvalue weighted by Gasteiger charge is -2.27. The lowest BCUT2D eigenvalue weighted by Crippen LogP contribution is -2.39. The van der Waals surface area contributed by atoms with Crippen LogP contribution in [-0.2, 0) is 14.3 Å². The summed E-state index contributed by atoms with van der Waals surface area (Å²) in [6.07, 6.45) is 0.961. The predicted molar refractivity (Wildman–Crippen MR) is 147 cm³/mol. The van der Waals surface area contributed by atoms with Crippen LogP contribution >= 0.6 is 11.8 Å². The zero-order valence-electron chi connectivity index (χ0n) is 21.7. The van der Waals surface area contributed by atoms with E-state index in [9.17, 15) is 9.59 Å². The van der Waals surface area contributed by atoms with Crippen molar-refractivity contribution in [1.82, 2.24) is 9.80 Å². The molecule has 2 aliphatic heterocycles. The van der Waals surface area contributed by atoms with Crippen LogP contribution in [-0.4, -0.2) is 71.4 Å². The molecule has 36 heavy (non-hydrogen) atoms. The number of hydrogen-bond acceptors (Lipinski definition) is 6. The molecule has 1 unspecified atom stereocenters. The predicted octanol–water partition coefficient (Wildman–Crippen LogP) is 4.60. The smallest absolute Gasteiger partial charge is 0.242 e. The summed E-state index contributed by atoms with van der Waals surface area (Å²) in [6.45, 7) is 12.9. The zero-order chi connectivity index (χ0) is 25.7. The number of rotatable bonds is 8. The average molecular weight is 509 g/mol. The third-order valence-electron chi connectivity index (χ3n) is 6.66. The first-order valence-corrected chi connectivity index (χ1v) is 13.5. The van der Waals surface area contributed by atoms with Crippen molar-refractivity contribution in [2.24, 2.45) is 4.99 Å². The van der Waals surface area contributed by atoms with Crippen LogP contribution in [0.15, 0.2) is 41.4 Å². The molecule has 2 aliphatic rings. The highest BCUT2D eigenvalue weighted by Crippen LogP contribution is 2.33. The van der Waals surface area contributed by atoms with Crippen molar-refractivity contribution in [2.75, 3.05) is 44.7 Å². The van der Waals surface area contributed by atoms with Gasteiger partial charge in [0.2, 0.25) is 11.8 Å². The third kappa shape index (κ3) is 6.55. The number of carbonyl (C=O) groups excluding carboxylic acids is 2. The first kappa shape index (κ1) is 26.4. The largest absolute Gasteiger partial charge is 0.379 e. The van der Waals surface area contributed by atoms with E-state index in [2.05, 4.69) is 23.2 Å². The molecule has 0 aromatic heterocycles. The Hall–Kier alpha value is -2.68. The monoisotopic (exact) mass is 508 g/mol. The van der Waals surface area contributed by atoms with Crippen LogP contribution < -0.4 is 5.32 Å². The molecule has 1 atom stereocenters. The van der Waals surface area contributed by atoms with Gasteiger partial charge in [0.1, 0.15) is 5.25 Å². The highest BCUT2D eigenvalue weighted by Gasteiger charge is 2.39. The van der Waals surface area contributed by atoms with Crippen LogP contribution in [0.2, 0.25) is 0 Å². The van der Waals surface area contributed by atoms with Gasteiger partial charge in [-0.05, 0) is 56.9 Å². The molecule has 4 rings (SSSR count). The molecule has 0 radical (unpaired) electrons. The number of nitrogens with one attached hydrogen (secondary N) is 1. The molecular weight excluding hydrogens is 472 g/mol. The molecule has 192 valence electrons. The number of carbonyl (C=O) groups is 2. The second-order valence-corrected chi connectivity index (χ2v) is 10.8. The quantitative estimate of drug-likeness (QED) is 0.564. The fourth-order valence-corrected chi connectivity index (χ4v) is 5.79. The summed E-state index contributed by atoms with van der Waals surface area (Å²) in [5.41, 5.74) is 5.94. The van der Waals surface area contributed by atoms with E-state index in [0.29, 0.717) is 11.7 Å². The Bertz CT molecular complexity index is 1120. The first-order chi connectivity index (χ1) is 17.3. The van der Waals surface area contributed by atoms with Crippen molar-refractivity contribution >= 4 is 40.1 Å². The maximum Gasteiger partial charge on any atom is 0.242 e. The van der Waals surface area contributed by atoms with Crippen molar-refractivity contribution in [3.8, 4) is 0 Å². The van der Waals surface area contributed by atoms with Gasteiger partial charge in [-0.2, -0.15) is 0 Å². The SMILES string of the molecule is Cc1ccc(N=C2SC(CC(=O)Nc3c(C)cccc3C)C(=O)N2CCCN2CCOCC2)c(C)c1. The number of aliphatic imine (C=N–C) groups is 1. The van der Waals surface area contributed by atoms with Crippen LogP contribution in [0.1, 0.15) is 35.1 Å². The van der Waals surface area contributed by atoms with E-state index >= 15 is 0 Å². The van der Waals surface area contributed by atoms with Gasteiger partial charge >= 0.3 is 0 Å². The fraction of sp³-hybridized carbons (Fsp3) is 0.464. The van der Waals surface area contributed by atoms with Crippen molar-refractivity contribution in [3.05, 3.63) is 58.7 Å². The van der Waals surface area contributed by atoms with Crippen LogP contribution in [0.4, 0.5) is 11.4 Å². The number of aryl methyl sites for hydroxylation is 4. The van der Waals surface area contributed by atoms with Gasteiger partial charge in [0.05, 0.1) is 18.9 Å². The second-order valence-electron chi connectivity index (χ2n) is 9.61. The molecule has 2 heterocycles. The molecule has 0 spiro atoms. The van der Waals surface area contributed by atoms with E-state index in [4.69, 9.17) is 9.73 Å². The van der Waals surface area contributed by atoms with Crippen molar-refractivity contribution in [2.45, 2.75) is 45.8 Å². The maximum absolute atomic E-state index is 13.5. The Morgan fingerprint density at radius 2 is 1.78 bits per heavy atom. The summed E-state index contributed by atoms with van der Waals surface area (Å²) < 4.78 is 5.44. The molecule has 2 aromatic carbocycles. The number of anilines is 1. The van der Waals surface area contributed by atoms with Crippen LogP contribution in [0.25, 0.3) is 0 Å². The minimum Gasteiger partial charge on any atom is -0.379 e. The van der Waals surface area contributed by atoms with Gasteiger partial charge in [-0.3, -0.25) is 19.4 Å². The number of amides is 2. The van der Waals surface area contributed by atoms with E-state index in [1.807, 2.05) is 51.1 Å². The Morgan fingerprint density at radius 1 is 1.06 bits per heavy atom. The maximum atomic E-state index is 13.5. The van der Waals surface area contributed by atoms with Gasteiger partial charge in [-0.15, -0.1) is 0 Å². The van der Waals surface area contributed by atoms with E-state index < -0.39 is 5.25 Å². The third-order valence-corrected chi connectivity index (χ3v) is 7.84. The highest BCUT2D eigenvalue weighted by molar-refractivity contribution is 8.15. The van der Waals surface area contributed by atoms with Gasteiger partial charge in [-0.1, -0.05) is 47.7 Å². The van der Waals surface area contributed by atoms with E-state index in [1.54, 1.807) is 4.90 Å². The Labute approximate surface area is 218 Å². The van der Waals surface area contributed by atoms with Crippen LogP contribution in [0, 0.1) is 27.7 Å². The summed E-state index contributed by atoms with van der Waals surface area (Å²) >= 11 is 1.40. The van der Waals surface area contributed by atoms with Crippen LogP contribution in [0.3, 0.4) is 0 Å². The Kier molecular flexibility index (Phi) is 8.82. The molecule has 7 nitrogen and oxygen atoms in total. The molecule has 0 saturated carbocycles. The molecule has 0 aliphatic carbocycles. The number of thioether (sulfide) groups is 1. The number of ether oxygens (including phenoxy) is 1. The van der Waals surface area contributed by atoms with Crippen LogP contribution in [0.5, 0.6) is 0 Å². The number of hydrogen-bond donors (Lipinski definition) is 1. The molecule has 2 amide bonds. The van der Waals surface area contributed by atoms with E-state index in [-0.39, 0.29) is 18.2 Å². The standard InChI is InChI=1S/C28H36N4O3S/c1-19-9-10-23(22(4)17-19)29-28-32(12-6-11-31-13-15-35-16-14-31)27(34)24(36-28)18-25(33)30-26-20(2)7-5-8-21(26)3/h5,7-10,17,24H,6,11-16,18H2,1-4H3,(H,30,33). The molecular formula is C28H36N4O3S. The van der Waals surface area contributed by atoms with Gasteiger partial charge in [-0.25, -0.2) is 4.99 Å². The molecule has 2 aromatic rings. The van der Waals surface area contributed by atoms with Gasteiger partial charge < -0.3 is 10.1 Å². The van der Waals surface area contributed by atoms with Gasteiger partial charge in [0.25, 0.3) is 0 Å². The van der Waals surface area contributed by atoms with Crippen molar-refractivity contribution < 1.29 is 14.3 Å². The number of morpholine rings is 1. The lowest BCUT2D eigenvalue weighted by atomic mass is 10.1. The highest BCUT2D eigenvalue weighted by atomic mass is 32.2. The summed E-state index contributed by atoms with van der Waals surface area (Å²) in [7, 11) is 0. The normalized spacial score (nSPS) is 19.8. The number of para-hydroxylation sites is 1. The first-order valence-electron chi connectivity index (χ1n) is 12.6. The van der Waals surface area contributed by atoms with E-state index in [1.165, 1.54) is 17.3 Å². The molecule has 0 bridgehead atoms. The Balaban J connectivity index is 1.48. The van der Waals surface area contributed by atoms with Gasteiger partial charge in [0.15, 0.2) is 5.17 Å². The molecule has 2 saturated heterocycles. The zero-order valence-corrected chi connectivity index (χ0v) is 22.5. The second kappa shape index (κ2) is 12.0. The lowest BCUT2D eigenvalue weighted by molar-refractivity contribution is -0.128. The topological polar surface area (TPSA) is 74.2 Å². The molecule has 8 heteroatoms. The number of amidine groups is 1. The molecule has 1 N–H and O–H groups in total. The van der Waals surface area contributed by atoms with Gasteiger partial charge in [0, 0.05) is 38.3 Å².